The molecule has 0 bridgehead atoms. The zero-order valence-electron chi connectivity index (χ0n) is 10.9. The average Bonchev–Trinajstić information content (AvgIpc) is 2.40. The van der Waals surface area contributed by atoms with E-state index in [0.717, 1.165) is 5.92 Å². The summed E-state index contributed by atoms with van der Waals surface area (Å²) in [6.45, 7) is 2.32. The predicted molar refractivity (Wildman–Crippen MR) is 77.9 cm³/mol. The van der Waals surface area contributed by atoms with Crippen LogP contribution in [0.15, 0.2) is 29.2 Å². The van der Waals surface area contributed by atoms with Gasteiger partial charge in [-0.3, -0.25) is 0 Å². The Bertz CT molecular complexity index is 333. The van der Waals surface area contributed by atoms with E-state index in [9.17, 15) is 0 Å². The monoisotopic (exact) mass is 249 g/mol. The van der Waals surface area contributed by atoms with Gasteiger partial charge in [0, 0.05) is 16.6 Å². The Morgan fingerprint density at radius 2 is 2.00 bits per heavy atom. The summed E-state index contributed by atoms with van der Waals surface area (Å²) in [4.78, 5) is 1.34. The molecule has 1 aromatic rings. The fourth-order valence-electron chi connectivity index (χ4n) is 2.72. The van der Waals surface area contributed by atoms with Gasteiger partial charge in [0.2, 0.25) is 0 Å². The summed E-state index contributed by atoms with van der Waals surface area (Å²) in [6, 6.07) is 9.51. The van der Waals surface area contributed by atoms with Crippen LogP contribution in [0, 0.1) is 5.92 Å². The molecular weight excluding hydrogens is 226 g/mol. The van der Waals surface area contributed by atoms with Crippen molar-refractivity contribution >= 4 is 17.4 Å². The first kappa shape index (κ1) is 12.8. The lowest BCUT2D eigenvalue weighted by molar-refractivity contribution is 0.327. The summed E-state index contributed by atoms with van der Waals surface area (Å²) in [6.07, 6.45) is 8.96. The standard InChI is InChI=1S/C15H23NS/c1-3-12-5-4-6-14(11-12)16-13-7-9-15(17-2)10-8-13/h7-10,12,14,16H,3-6,11H2,1-2H3. The molecule has 0 aliphatic heterocycles. The van der Waals surface area contributed by atoms with Gasteiger partial charge in [-0.1, -0.05) is 26.2 Å². The molecule has 0 heterocycles. The molecule has 1 aliphatic rings. The lowest BCUT2D eigenvalue weighted by atomic mass is 9.84. The first-order valence-corrected chi connectivity index (χ1v) is 7.95. The molecule has 1 saturated carbocycles. The molecule has 1 aromatic carbocycles. The van der Waals surface area contributed by atoms with Gasteiger partial charge >= 0.3 is 0 Å². The molecule has 0 saturated heterocycles. The molecule has 2 unspecified atom stereocenters. The summed E-state index contributed by atoms with van der Waals surface area (Å²) in [5, 5.41) is 3.69. The van der Waals surface area contributed by atoms with Crippen molar-refractivity contribution in [2.24, 2.45) is 5.92 Å². The molecule has 0 radical (unpaired) electrons. The average molecular weight is 249 g/mol. The van der Waals surface area contributed by atoms with Crippen LogP contribution < -0.4 is 5.32 Å². The van der Waals surface area contributed by atoms with Gasteiger partial charge in [0.1, 0.15) is 0 Å². The molecule has 1 fully saturated rings. The van der Waals surface area contributed by atoms with Crippen molar-refractivity contribution < 1.29 is 0 Å². The maximum atomic E-state index is 3.69. The second kappa shape index (κ2) is 6.34. The molecule has 0 spiro atoms. The number of nitrogens with one attached hydrogen (secondary N) is 1. The van der Waals surface area contributed by atoms with Crippen molar-refractivity contribution in [3.8, 4) is 0 Å². The van der Waals surface area contributed by atoms with Gasteiger partial charge in [-0.15, -0.1) is 11.8 Å². The van der Waals surface area contributed by atoms with Crippen LogP contribution in [0.2, 0.25) is 0 Å². The Hall–Kier alpha value is -0.630. The fraction of sp³-hybridized carbons (Fsp3) is 0.600. The van der Waals surface area contributed by atoms with Gasteiger partial charge in [-0.25, -0.2) is 0 Å². The van der Waals surface area contributed by atoms with Crippen LogP contribution in [0.5, 0.6) is 0 Å². The van der Waals surface area contributed by atoms with Crippen molar-refractivity contribution in [1.82, 2.24) is 0 Å². The number of benzene rings is 1. The number of anilines is 1. The number of thioether (sulfide) groups is 1. The van der Waals surface area contributed by atoms with Gasteiger partial charge in [0.05, 0.1) is 0 Å². The van der Waals surface area contributed by atoms with E-state index >= 15 is 0 Å². The van der Waals surface area contributed by atoms with Gasteiger partial charge < -0.3 is 5.32 Å². The van der Waals surface area contributed by atoms with E-state index in [1.54, 1.807) is 11.8 Å². The van der Waals surface area contributed by atoms with Crippen LogP contribution in [-0.2, 0) is 0 Å². The van der Waals surface area contributed by atoms with E-state index in [-0.39, 0.29) is 0 Å². The first-order chi connectivity index (χ1) is 8.31. The highest BCUT2D eigenvalue weighted by molar-refractivity contribution is 7.98. The summed E-state index contributed by atoms with van der Waals surface area (Å²) in [5.74, 6) is 0.937. The second-order valence-electron chi connectivity index (χ2n) is 5.01. The predicted octanol–water partition coefficient (Wildman–Crippen LogP) is 4.79. The lowest BCUT2D eigenvalue weighted by Gasteiger charge is -2.29. The minimum absolute atomic E-state index is 0.689. The highest BCUT2D eigenvalue weighted by Gasteiger charge is 2.20. The largest absolute Gasteiger partial charge is 0.382 e. The quantitative estimate of drug-likeness (QED) is 0.770. The maximum Gasteiger partial charge on any atom is 0.0343 e. The molecule has 1 N–H and O–H groups in total. The van der Waals surface area contributed by atoms with E-state index in [4.69, 9.17) is 0 Å². The van der Waals surface area contributed by atoms with E-state index in [1.807, 2.05) is 0 Å². The third kappa shape index (κ3) is 3.67. The fourth-order valence-corrected chi connectivity index (χ4v) is 3.12. The molecule has 17 heavy (non-hydrogen) atoms. The van der Waals surface area contributed by atoms with E-state index < -0.39 is 0 Å². The van der Waals surface area contributed by atoms with Crippen LogP contribution in [0.4, 0.5) is 5.69 Å². The molecule has 2 heteroatoms. The van der Waals surface area contributed by atoms with Crippen molar-refractivity contribution in [2.45, 2.75) is 50.0 Å². The van der Waals surface area contributed by atoms with Gasteiger partial charge in [-0.05, 0) is 49.3 Å². The Morgan fingerprint density at radius 1 is 1.24 bits per heavy atom. The van der Waals surface area contributed by atoms with Gasteiger partial charge in [0.15, 0.2) is 0 Å². The summed E-state index contributed by atoms with van der Waals surface area (Å²) < 4.78 is 0. The SMILES string of the molecule is CCC1CCCC(Nc2ccc(SC)cc2)C1. The van der Waals surface area contributed by atoms with E-state index in [1.165, 1.54) is 42.7 Å². The molecule has 94 valence electrons. The minimum Gasteiger partial charge on any atom is -0.382 e. The zero-order chi connectivity index (χ0) is 12.1. The molecule has 0 amide bonds. The Balaban J connectivity index is 1.90. The van der Waals surface area contributed by atoms with Crippen molar-refractivity contribution in [3.05, 3.63) is 24.3 Å². The van der Waals surface area contributed by atoms with Crippen LogP contribution in [0.3, 0.4) is 0 Å². The zero-order valence-corrected chi connectivity index (χ0v) is 11.7. The second-order valence-corrected chi connectivity index (χ2v) is 5.89. The topological polar surface area (TPSA) is 12.0 Å². The van der Waals surface area contributed by atoms with Crippen LogP contribution in [0.1, 0.15) is 39.0 Å². The third-order valence-electron chi connectivity index (χ3n) is 3.82. The molecular formula is C15H23NS. The molecule has 2 rings (SSSR count). The van der Waals surface area contributed by atoms with Gasteiger partial charge in [-0.2, -0.15) is 0 Å². The van der Waals surface area contributed by atoms with E-state index in [0.29, 0.717) is 6.04 Å². The van der Waals surface area contributed by atoms with Gasteiger partial charge in [0.25, 0.3) is 0 Å². The lowest BCUT2D eigenvalue weighted by Crippen LogP contribution is -2.26. The van der Waals surface area contributed by atoms with Crippen LogP contribution in [-0.4, -0.2) is 12.3 Å². The number of hydrogen-bond acceptors (Lipinski definition) is 2. The summed E-state index contributed by atoms with van der Waals surface area (Å²) in [7, 11) is 0. The Morgan fingerprint density at radius 3 is 2.65 bits per heavy atom. The molecule has 2 atom stereocenters. The molecule has 1 aliphatic carbocycles. The maximum absolute atomic E-state index is 3.69. The van der Waals surface area contributed by atoms with Crippen molar-refractivity contribution in [1.29, 1.82) is 0 Å². The van der Waals surface area contributed by atoms with Crippen LogP contribution >= 0.6 is 11.8 Å². The summed E-state index contributed by atoms with van der Waals surface area (Å²) >= 11 is 1.80. The smallest absolute Gasteiger partial charge is 0.0343 e. The number of hydrogen-bond donors (Lipinski definition) is 1. The van der Waals surface area contributed by atoms with Crippen LogP contribution in [0.25, 0.3) is 0 Å². The molecule has 1 nitrogen and oxygen atoms in total. The Labute approximate surface area is 109 Å². The van der Waals surface area contributed by atoms with Crippen molar-refractivity contribution in [3.63, 3.8) is 0 Å². The normalized spacial score (nSPS) is 24.6. The minimum atomic E-state index is 0.689. The highest BCUT2D eigenvalue weighted by Crippen LogP contribution is 2.29. The van der Waals surface area contributed by atoms with E-state index in [2.05, 4.69) is 42.8 Å². The first-order valence-electron chi connectivity index (χ1n) is 6.72. The molecule has 0 aromatic heterocycles. The summed E-state index contributed by atoms with van der Waals surface area (Å²) in [5.41, 5.74) is 1.28. The highest BCUT2D eigenvalue weighted by atomic mass is 32.2. The number of rotatable bonds is 4. The Kier molecular flexibility index (Phi) is 4.78. The third-order valence-corrected chi connectivity index (χ3v) is 4.56. The van der Waals surface area contributed by atoms with Crippen molar-refractivity contribution in [2.75, 3.05) is 11.6 Å².